The molecule has 1 aromatic carbocycles. The van der Waals surface area contributed by atoms with Gasteiger partial charge in [-0.15, -0.1) is 0 Å². The van der Waals surface area contributed by atoms with Gasteiger partial charge in [-0.1, -0.05) is 0 Å². The fraction of sp³-hybridized carbons (Fsp3) is 0.588. The van der Waals surface area contributed by atoms with Gasteiger partial charge in [0.25, 0.3) is 5.91 Å². The van der Waals surface area contributed by atoms with Crippen molar-refractivity contribution in [2.45, 2.75) is 32.7 Å². The van der Waals surface area contributed by atoms with Crippen molar-refractivity contribution >= 4 is 11.6 Å². The van der Waals surface area contributed by atoms with Crippen molar-refractivity contribution < 1.29 is 4.79 Å². The highest BCUT2D eigenvalue weighted by molar-refractivity contribution is 5.96. The first kappa shape index (κ1) is 15.8. The molecule has 0 saturated carbocycles. The number of benzene rings is 1. The van der Waals surface area contributed by atoms with Crippen molar-refractivity contribution in [3.8, 4) is 0 Å². The minimum Gasteiger partial charge on any atom is -0.385 e. The van der Waals surface area contributed by atoms with Crippen molar-refractivity contribution in [3.05, 3.63) is 29.3 Å². The molecule has 1 aliphatic rings. The summed E-state index contributed by atoms with van der Waals surface area (Å²) in [6.07, 6.45) is 2.26. The predicted octanol–water partition coefficient (Wildman–Crippen LogP) is 2.59. The number of carbonyl (C=O) groups is 1. The topological polar surface area (TPSA) is 35.6 Å². The number of nitrogens with zero attached hydrogens (tertiary/aromatic N) is 2. The quantitative estimate of drug-likeness (QED) is 0.925. The normalized spacial score (nSPS) is 18.9. The second-order valence-electron chi connectivity index (χ2n) is 6.07. The van der Waals surface area contributed by atoms with Crippen LogP contribution in [-0.2, 0) is 0 Å². The number of hydrogen-bond donors (Lipinski definition) is 1. The van der Waals surface area contributed by atoms with Crippen molar-refractivity contribution in [1.82, 2.24) is 9.80 Å². The van der Waals surface area contributed by atoms with Gasteiger partial charge in [-0.25, -0.2) is 0 Å². The van der Waals surface area contributed by atoms with Crippen molar-refractivity contribution in [3.63, 3.8) is 0 Å². The number of rotatable bonds is 4. The van der Waals surface area contributed by atoms with Gasteiger partial charge in [0.2, 0.25) is 0 Å². The summed E-state index contributed by atoms with van der Waals surface area (Å²) in [5.74, 6) is 0.169. The van der Waals surface area contributed by atoms with E-state index in [0.717, 1.165) is 42.9 Å². The lowest BCUT2D eigenvalue weighted by Crippen LogP contribution is -2.47. The molecule has 1 atom stereocenters. The number of piperidine rings is 1. The zero-order valence-electron chi connectivity index (χ0n) is 13.6. The molecular weight excluding hydrogens is 262 g/mol. The van der Waals surface area contributed by atoms with Gasteiger partial charge in [0.05, 0.1) is 0 Å². The molecule has 0 radical (unpaired) electrons. The molecule has 21 heavy (non-hydrogen) atoms. The Morgan fingerprint density at radius 2 is 2.19 bits per heavy atom. The Morgan fingerprint density at radius 1 is 1.43 bits per heavy atom. The average Bonchev–Trinajstić information content (AvgIpc) is 2.47. The third-order valence-electron chi connectivity index (χ3n) is 4.25. The molecule has 4 heteroatoms. The van der Waals surface area contributed by atoms with Crippen LogP contribution in [0.4, 0.5) is 5.69 Å². The van der Waals surface area contributed by atoms with E-state index in [1.165, 1.54) is 6.42 Å². The van der Waals surface area contributed by atoms with Crippen LogP contribution in [0, 0.1) is 6.92 Å². The number of anilines is 1. The average molecular weight is 289 g/mol. The van der Waals surface area contributed by atoms with Gasteiger partial charge in [0.15, 0.2) is 0 Å². The van der Waals surface area contributed by atoms with Crippen LogP contribution in [-0.4, -0.2) is 55.5 Å². The number of hydrogen-bond acceptors (Lipinski definition) is 3. The molecule has 1 unspecified atom stereocenters. The van der Waals surface area contributed by atoms with Crippen LogP contribution in [0.1, 0.15) is 35.7 Å². The summed E-state index contributed by atoms with van der Waals surface area (Å²) < 4.78 is 0. The van der Waals surface area contributed by atoms with Crippen LogP contribution in [0.2, 0.25) is 0 Å². The minimum absolute atomic E-state index is 0.169. The molecule has 1 amide bonds. The molecule has 0 aliphatic carbocycles. The van der Waals surface area contributed by atoms with Crippen LogP contribution >= 0.6 is 0 Å². The Bertz CT molecular complexity index is 499. The summed E-state index contributed by atoms with van der Waals surface area (Å²) in [5.41, 5.74) is 2.96. The van der Waals surface area contributed by atoms with E-state index in [0.29, 0.717) is 6.04 Å². The van der Waals surface area contributed by atoms with Crippen molar-refractivity contribution in [2.24, 2.45) is 0 Å². The molecule has 4 nitrogen and oxygen atoms in total. The predicted molar refractivity (Wildman–Crippen MR) is 88.0 cm³/mol. The third-order valence-corrected chi connectivity index (χ3v) is 4.25. The zero-order chi connectivity index (χ0) is 15.4. The third kappa shape index (κ3) is 3.76. The van der Waals surface area contributed by atoms with Crippen LogP contribution < -0.4 is 5.32 Å². The van der Waals surface area contributed by atoms with E-state index in [4.69, 9.17) is 0 Å². The summed E-state index contributed by atoms with van der Waals surface area (Å²) in [6.45, 7) is 6.69. The molecule has 2 rings (SSSR count). The first-order valence-electron chi connectivity index (χ1n) is 7.83. The maximum absolute atomic E-state index is 12.7. The first-order valence-corrected chi connectivity index (χ1v) is 7.83. The summed E-state index contributed by atoms with van der Waals surface area (Å²) in [5, 5.41) is 3.28. The van der Waals surface area contributed by atoms with Gasteiger partial charge in [-0.05, 0) is 64.5 Å². The van der Waals surface area contributed by atoms with Gasteiger partial charge in [-0.2, -0.15) is 0 Å². The van der Waals surface area contributed by atoms with Crippen molar-refractivity contribution in [1.29, 1.82) is 0 Å². The van der Waals surface area contributed by atoms with Crippen LogP contribution in [0.3, 0.4) is 0 Å². The van der Waals surface area contributed by atoms with Crippen LogP contribution in [0.5, 0.6) is 0 Å². The summed E-state index contributed by atoms with van der Waals surface area (Å²) in [6, 6.07) is 6.49. The Balaban J connectivity index is 2.12. The van der Waals surface area contributed by atoms with Crippen LogP contribution in [0.15, 0.2) is 18.2 Å². The number of likely N-dealkylation sites (N-methyl/N-ethyl adjacent to an activating group) is 1. The van der Waals surface area contributed by atoms with Gasteiger partial charge in [-0.3, -0.25) is 4.79 Å². The van der Waals surface area contributed by atoms with E-state index in [-0.39, 0.29) is 5.91 Å². The molecule has 0 bridgehead atoms. The summed E-state index contributed by atoms with van der Waals surface area (Å²) in [7, 11) is 4.18. The largest absolute Gasteiger partial charge is 0.385 e. The number of aryl methyl sites for hydroxylation is 1. The Hall–Kier alpha value is -1.55. The standard InChI is InChI=1S/C17H27N3O/c1-5-18-14-8-9-16(13(2)11-14)17(21)20-10-6-7-15(12-20)19(3)4/h8-9,11,15,18H,5-7,10,12H2,1-4H3. The lowest BCUT2D eigenvalue weighted by Gasteiger charge is -2.36. The summed E-state index contributed by atoms with van der Waals surface area (Å²) >= 11 is 0. The number of carbonyl (C=O) groups excluding carboxylic acids is 1. The fourth-order valence-electron chi connectivity index (χ4n) is 2.95. The first-order chi connectivity index (χ1) is 10.0. The highest BCUT2D eigenvalue weighted by atomic mass is 16.2. The van der Waals surface area contributed by atoms with E-state index in [1.54, 1.807) is 0 Å². The van der Waals surface area contributed by atoms with E-state index in [2.05, 4.69) is 37.3 Å². The molecule has 1 aliphatic heterocycles. The number of amides is 1. The van der Waals surface area contributed by atoms with Gasteiger partial charge < -0.3 is 15.1 Å². The molecule has 1 fully saturated rings. The second-order valence-corrected chi connectivity index (χ2v) is 6.07. The second kappa shape index (κ2) is 6.94. The van der Waals surface area contributed by atoms with Crippen molar-refractivity contribution in [2.75, 3.05) is 39.0 Å². The van der Waals surface area contributed by atoms with Gasteiger partial charge >= 0.3 is 0 Å². The lowest BCUT2D eigenvalue weighted by molar-refractivity contribution is 0.0634. The molecule has 1 aromatic rings. The van der Waals surface area contributed by atoms with Crippen LogP contribution in [0.25, 0.3) is 0 Å². The smallest absolute Gasteiger partial charge is 0.254 e. The van der Waals surface area contributed by atoms with Gasteiger partial charge in [0.1, 0.15) is 0 Å². The maximum Gasteiger partial charge on any atom is 0.254 e. The SMILES string of the molecule is CCNc1ccc(C(=O)N2CCCC(N(C)C)C2)c(C)c1. The zero-order valence-corrected chi connectivity index (χ0v) is 13.6. The Morgan fingerprint density at radius 3 is 2.81 bits per heavy atom. The maximum atomic E-state index is 12.7. The molecule has 0 aromatic heterocycles. The lowest BCUT2D eigenvalue weighted by atomic mass is 10.0. The number of nitrogens with one attached hydrogen (secondary N) is 1. The molecule has 116 valence electrons. The van der Waals surface area contributed by atoms with E-state index < -0.39 is 0 Å². The highest BCUT2D eigenvalue weighted by Gasteiger charge is 2.26. The number of likely N-dealkylation sites (tertiary alicyclic amines) is 1. The Kier molecular flexibility index (Phi) is 5.23. The minimum atomic E-state index is 0.169. The summed E-state index contributed by atoms with van der Waals surface area (Å²) in [4.78, 5) is 17.0. The Labute approximate surface area is 128 Å². The molecule has 1 N–H and O–H groups in total. The van der Waals surface area contributed by atoms with E-state index >= 15 is 0 Å². The molecular formula is C17H27N3O. The molecule has 1 heterocycles. The van der Waals surface area contributed by atoms with E-state index in [9.17, 15) is 4.79 Å². The highest BCUT2D eigenvalue weighted by Crippen LogP contribution is 2.20. The molecule has 0 spiro atoms. The monoisotopic (exact) mass is 289 g/mol. The van der Waals surface area contributed by atoms with E-state index in [1.807, 2.05) is 24.0 Å². The molecule has 1 saturated heterocycles. The van der Waals surface area contributed by atoms with Gasteiger partial charge in [0, 0.05) is 36.9 Å². The fourth-order valence-corrected chi connectivity index (χ4v) is 2.95.